The zero-order chi connectivity index (χ0) is 38.2. The number of nitrogens with zero attached hydrogens (tertiary/aromatic N) is 6. The van der Waals surface area contributed by atoms with E-state index in [-0.39, 0.29) is 48.9 Å². The summed E-state index contributed by atoms with van der Waals surface area (Å²) in [6.45, 7) is 15.8. The van der Waals surface area contributed by atoms with E-state index in [1.165, 1.54) is 9.80 Å². The molecule has 0 unspecified atom stereocenters. The van der Waals surface area contributed by atoms with Gasteiger partial charge in [0.15, 0.2) is 0 Å². The van der Waals surface area contributed by atoms with E-state index in [2.05, 4.69) is 58.1 Å². The maximum Gasteiger partial charge on any atom is 2.00 e. The molecule has 292 valence electrons. The molecule has 2 N–H and O–H groups in total. The Morgan fingerprint density at radius 1 is 0.717 bits per heavy atom. The molecule has 0 spiro atoms. The SMILES string of the molecule is CC(C)c1nc(CN(C)C(=O)N[C@@H](CCN2CCOCC2)C(=O)[O-])cs1.CC(C)c1nc(CN(C)C(=O)N[C@@H](CCN2CCOCC2)C(=O)[O-])cs1.[Ba+2]. The number of carboxylic acid groups (broad SMARTS) is 2. The number of rotatable bonds is 16. The van der Waals surface area contributed by atoms with Gasteiger partial charge in [-0.3, -0.25) is 9.80 Å². The van der Waals surface area contributed by atoms with Crippen LogP contribution in [0.5, 0.6) is 0 Å². The number of ether oxygens (including phenoxy) is 2. The Kier molecular flexibility index (Phi) is 22.0. The first-order chi connectivity index (χ1) is 24.7. The molecular formula is C34H54BaN8O8S2. The van der Waals surface area contributed by atoms with Crippen molar-refractivity contribution in [2.45, 2.75) is 77.5 Å². The van der Waals surface area contributed by atoms with Gasteiger partial charge in [-0.15, -0.1) is 22.7 Å². The van der Waals surface area contributed by atoms with Crippen LogP contribution in [0.4, 0.5) is 9.59 Å². The molecule has 2 aliphatic rings. The Balaban J connectivity index is 0.000000360. The molecule has 0 bridgehead atoms. The Morgan fingerprint density at radius 3 is 1.34 bits per heavy atom. The summed E-state index contributed by atoms with van der Waals surface area (Å²) >= 11 is 3.13. The second-order valence-electron chi connectivity index (χ2n) is 13.5. The Hall–Kier alpha value is -1.85. The van der Waals surface area contributed by atoms with E-state index in [0.29, 0.717) is 77.3 Å². The van der Waals surface area contributed by atoms with E-state index in [1.807, 2.05) is 10.8 Å². The molecule has 2 saturated heterocycles. The van der Waals surface area contributed by atoms with E-state index >= 15 is 0 Å². The quantitative estimate of drug-likeness (QED) is 0.217. The molecule has 0 saturated carbocycles. The average molecular weight is 904 g/mol. The van der Waals surface area contributed by atoms with E-state index in [4.69, 9.17) is 9.47 Å². The maximum atomic E-state index is 12.3. The van der Waals surface area contributed by atoms with Gasteiger partial charge in [-0.05, 0) is 12.8 Å². The minimum absolute atomic E-state index is 0. The topological polar surface area (TPSA) is 196 Å². The van der Waals surface area contributed by atoms with Crippen LogP contribution >= 0.6 is 22.7 Å². The van der Waals surface area contributed by atoms with Crippen LogP contribution in [0.3, 0.4) is 0 Å². The molecule has 2 atom stereocenters. The second kappa shape index (κ2) is 24.6. The van der Waals surface area contributed by atoms with Crippen LogP contribution in [0, 0.1) is 0 Å². The molecule has 0 aliphatic carbocycles. The molecule has 4 heterocycles. The van der Waals surface area contributed by atoms with E-state index in [1.54, 1.807) is 36.8 Å². The number of aromatic nitrogens is 2. The number of hydrogen-bond donors (Lipinski definition) is 2. The Labute approximate surface area is 361 Å². The summed E-state index contributed by atoms with van der Waals surface area (Å²) in [5.74, 6) is -1.85. The molecule has 2 fully saturated rings. The van der Waals surface area contributed by atoms with Crippen LogP contribution in [-0.4, -0.2) is 194 Å². The summed E-state index contributed by atoms with van der Waals surface area (Å²) in [4.78, 5) is 63.5. The number of carbonyl (C=O) groups excluding carboxylic acids is 4. The molecule has 19 heteroatoms. The number of carbonyl (C=O) groups is 4. The number of aliphatic carboxylic acids is 2. The third-order valence-electron chi connectivity index (χ3n) is 8.46. The van der Waals surface area contributed by atoms with Crippen molar-refractivity contribution in [3.63, 3.8) is 0 Å². The van der Waals surface area contributed by atoms with Crippen molar-refractivity contribution >= 4 is 95.6 Å². The Bertz CT molecular complexity index is 1310. The van der Waals surface area contributed by atoms with Crippen molar-refractivity contribution < 1.29 is 38.9 Å². The summed E-state index contributed by atoms with van der Waals surface area (Å²) in [7, 11) is 3.25. The number of nitrogens with one attached hydrogen (secondary N) is 2. The standard InChI is InChI=1S/2C17H28N4O4S.Ba/c2*1-12(2)15-18-13(11-26-15)10-20(3)17(24)19-14(16(22)23)4-5-21-6-8-25-9-7-21;/h2*11-12,14H,4-10H2,1-3H3,(H,19,24)(H,22,23);/q;;+2/p-2/t2*14-;/m00./s1. The van der Waals surface area contributed by atoms with Crippen molar-refractivity contribution in [1.82, 2.24) is 40.2 Å². The summed E-state index contributed by atoms with van der Waals surface area (Å²) in [6, 6.07) is -2.93. The maximum absolute atomic E-state index is 12.3. The molecule has 53 heavy (non-hydrogen) atoms. The number of urea groups is 2. The van der Waals surface area contributed by atoms with Gasteiger partial charge in [0.2, 0.25) is 0 Å². The summed E-state index contributed by atoms with van der Waals surface area (Å²) in [5, 5.41) is 33.7. The molecule has 2 aromatic heterocycles. The smallest absolute Gasteiger partial charge is 0.548 e. The second-order valence-corrected chi connectivity index (χ2v) is 15.3. The molecule has 2 aromatic rings. The van der Waals surface area contributed by atoms with Gasteiger partial charge in [-0.1, -0.05) is 27.7 Å². The largest absolute Gasteiger partial charge is 2.00 e. The van der Waals surface area contributed by atoms with Gasteiger partial charge in [-0.2, -0.15) is 0 Å². The van der Waals surface area contributed by atoms with Gasteiger partial charge in [0.25, 0.3) is 0 Å². The predicted molar refractivity (Wildman–Crippen MR) is 199 cm³/mol. The Morgan fingerprint density at radius 2 is 1.06 bits per heavy atom. The van der Waals surface area contributed by atoms with Crippen LogP contribution in [0.1, 0.15) is 73.8 Å². The van der Waals surface area contributed by atoms with Crippen LogP contribution < -0.4 is 20.8 Å². The van der Waals surface area contributed by atoms with Crippen molar-refractivity contribution in [2.24, 2.45) is 0 Å². The number of thiazole rings is 2. The third kappa shape index (κ3) is 17.2. The van der Waals surface area contributed by atoms with Crippen molar-refractivity contribution in [3.05, 3.63) is 32.2 Å². The van der Waals surface area contributed by atoms with Gasteiger partial charge >= 0.3 is 60.9 Å². The molecule has 4 amide bonds. The van der Waals surface area contributed by atoms with Crippen LogP contribution in [0.25, 0.3) is 0 Å². The fourth-order valence-electron chi connectivity index (χ4n) is 5.24. The predicted octanol–water partition coefficient (Wildman–Crippen LogP) is 0.117. The molecule has 16 nitrogen and oxygen atoms in total. The normalized spacial score (nSPS) is 16.2. The minimum Gasteiger partial charge on any atom is -0.548 e. The summed E-state index contributed by atoms with van der Waals surface area (Å²) in [5.41, 5.74) is 1.60. The van der Waals surface area contributed by atoms with Gasteiger partial charge in [0, 0.05) is 76.0 Å². The number of carboxylic acids is 2. The van der Waals surface area contributed by atoms with Crippen LogP contribution in [0.2, 0.25) is 0 Å². The summed E-state index contributed by atoms with van der Waals surface area (Å²) < 4.78 is 10.5. The molecular weight excluding hydrogens is 850 g/mol. The third-order valence-corrected chi connectivity index (χ3v) is 10.8. The first kappa shape index (κ1) is 47.3. The van der Waals surface area contributed by atoms with Crippen LogP contribution in [0.15, 0.2) is 10.8 Å². The van der Waals surface area contributed by atoms with Gasteiger partial charge in [0.05, 0.1) is 84.9 Å². The van der Waals surface area contributed by atoms with Gasteiger partial charge < -0.3 is 49.7 Å². The van der Waals surface area contributed by atoms with E-state index < -0.39 is 36.1 Å². The zero-order valence-corrected chi connectivity index (χ0v) is 37.9. The zero-order valence-electron chi connectivity index (χ0n) is 31.8. The molecule has 0 aromatic carbocycles. The fraction of sp³-hybridized carbons (Fsp3) is 0.706. The number of amides is 4. The van der Waals surface area contributed by atoms with Crippen LogP contribution in [-0.2, 0) is 32.2 Å². The van der Waals surface area contributed by atoms with Crippen molar-refractivity contribution in [2.75, 3.05) is 79.8 Å². The van der Waals surface area contributed by atoms with Crippen molar-refractivity contribution in [1.29, 1.82) is 0 Å². The first-order valence-electron chi connectivity index (χ1n) is 17.7. The monoisotopic (exact) mass is 904 g/mol. The molecule has 2 aliphatic heterocycles. The first-order valence-corrected chi connectivity index (χ1v) is 19.4. The summed E-state index contributed by atoms with van der Waals surface area (Å²) in [6.07, 6.45) is 0.603. The fourth-order valence-corrected chi connectivity index (χ4v) is 6.89. The average Bonchev–Trinajstić information content (AvgIpc) is 3.79. The van der Waals surface area contributed by atoms with Gasteiger partial charge in [-0.25, -0.2) is 19.6 Å². The molecule has 4 rings (SSSR count). The van der Waals surface area contributed by atoms with E-state index in [9.17, 15) is 29.4 Å². The van der Waals surface area contributed by atoms with Crippen molar-refractivity contribution in [3.8, 4) is 0 Å². The number of morpholine rings is 2. The minimum atomic E-state index is -1.27. The van der Waals surface area contributed by atoms with E-state index in [0.717, 1.165) is 47.6 Å². The molecule has 0 radical (unpaired) electrons. The number of hydrogen-bond acceptors (Lipinski definition) is 14. The van der Waals surface area contributed by atoms with Gasteiger partial charge in [0.1, 0.15) is 0 Å².